The number of aliphatic hydroxyl groups excluding tert-OH is 1. The molecule has 4 atom stereocenters. The molecule has 1 aromatic carbocycles. The number of aliphatic hydroxyl groups is 1. The molecule has 1 aromatic rings. The average molecular weight is 462 g/mol. The molecular formula is C24H36FN3O3Si. The molecule has 1 aliphatic rings. The minimum absolute atomic E-state index is 0.0637. The number of likely N-dealkylation sites (tertiary alicyclic amines) is 1. The predicted octanol–water partition coefficient (Wildman–Crippen LogP) is 2.57. The van der Waals surface area contributed by atoms with Crippen molar-refractivity contribution >= 4 is 19.9 Å². The molecular weight excluding hydrogens is 425 g/mol. The van der Waals surface area contributed by atoms with Crippen LogP contribution < -0.4 is 11.1 Å². The molecule has 0 saturated carbocycles. The van der Waals surface area contributed by atoms with Crippen molar-refractivity contribution in [2.45, 2.75) is 78.0 Å². The number of benzene rings is 1. The van der Waals surface area contributed by atoms with Gasteiger partial charge in [0.1, 0.15) is 19.9 Å². The van der Waals surface area contributed by atoms with Gasteiger partial charge in [-0.3, -0.25) is 9.59 Å². The number of rotatable bonds is 4. The Balaban J connectivity index is 2.14. The van der Waals surface area contributed by atoms with Gasteiger partial charge >= 0.3 is 0 Å². The smallest absolute Gasteiger partial charge is 0.243 e. The van der Waals surface area contributed by atoms with Gasteiger partial charge in [0.2, 0.25) is 11.8 Å². The largest absolute Gasteiger partial charge is 0.391 e. The summed E-state index contributed by atoms with van der Waals surface area (Å²) in [7, 11) is -1.62. The number of carbonyl (C=O) groups excluding carboxylic acids is 2. The van der Waals surface area contributed by atoms with Crippen molar-refractivity contribution in [1.29, 1.82) is 0 Å². The second-order valence-corrected chi connectivity index (χ2v) is 15.5. The summed E-state index contributed by atoms with van der Waals surface area (Å²) >= 11 is 0. The maximum atomic E-state index is 14.5. The van der Waals surface area contributed by atoms with E-state index in [-0.39, 0.29) is 18.9 Å². The highest BCUT2D eigenvalue weighted by molar-refractivity contribution is 6.83. The van der Waals surface area contributed by atoms with Crippen molar-refractivity contribution in [3.05, 3.63) is 35.1 Å². The predicted molar refractivity (Wildman–Crippen MR) is 127 cm³/mol. The maximum absolute atomic E-state index is 14.5. The van der Waals surface area contributed by atoms with Crippen LogP contribution in [0, 0.1) is 22.7 Å². The van der Waals surface area contributed by atoms with Crippen LogP contribution >= 0.6 is 0 Å². The summed E-state index contributed by atoms with van der Waals surface area (Å²) in [5.41, 5.74) is 9.70. The Kier molecular flexibility index (Phi) is 7.92. The van der Waals surface area contributed by atoms with Crippen molar-refractivity contribution in [2.24, 2.45) is 11.1 Å². The normalized spacial score (nSPS) is 20.9. The number of nitrogens with two attached hydrogens (primary N) is 1. The first-order chi connectivity index (χ1) is 14.6. The standard InChI is InChI=1S/C24H36FN3O3Si/c1-15(17-9-8-16(19(25)12-17)10-11-32(5,6)7)27-22(30)20-13-18(29)14-28(20)23(31)21(26)24(2,3)4/h8-9,12,15,18,20-21,29H,13-14,26H2,1-7H3,(H,27,30)/t15?,18-,20+,21?/m1/s1. The van der Waals surface area contributed by atoms with Gasteiger partial charge in [0.25, 0.3) is 0 Å². The second-order valence-electron chi connectivity index (χ2n) is 10.7. The quantitative estimate of drug-likeness (QED) is 0.474. The van der Waals surface area contributed by atoms with E-state index in [9.17, 15) is 19.1 Å². The highest BCUT2D eigenvalue weighted by Gasteiger charge is 2.42. The Morgan fingerprint density at radius 1 is 1.31 bits per heavy atom. The minimum atomic E-state index is -1.62. The third kappa shape index (κ3) is 6.64. The lowest BCUT2D eigenvalue weighted by molar-refractivity contribution is -0.141. The van der Waals surface area contributed by atoms with Crippen LogP contribution in [0.1, 0.15) is 51.3 Å². The SMILES string of the molecule is CC(NC(=O)[C@@H]1C[C@@H](O)CN1C(=O)C(N)C(C)(C)C)c1ccc(C#C[Si](C)(C)C)c(F)c1. The molecule has 0 bridgehead atoms. The number of β-amino-alcohol motifs (C(OH)–C–C–N with tert-alkyl or cyclic N) is 1. The lowest BCUT2D eigenvalue weighted by Crippen LogP contribution is -2.55. The van der Waals surface area contributed by atoms with Crippen LogP contribution in [0.4, 0.5) is 4.39 Å². The average Bonchev–Trinajstić information content (AvgIpc) is 3.06. The summed E-state index contributed by atoms with van der Waals surface area (Å²) in [5.74, 6) is 1.72. The van der Waals surface area contributed by atoms with Crippen LogP contribution in [0.25, 0.3) is 0 Å². The summed E-state index contributed by atoms with van der Waals surface area (Å²) < 4.78 is 14.5. The third-order valence-electron chi connectivity index (χ3n) is 5.49. The number of nitrogens with one attached hydrogen (secondary N) is 1. The Morgan fingerprint density at radius 3 is 2.47 bits per heavy atom. The molecule has 0 aromatic heterocycles. The fourth-order valence-corrected chi connectivity index (χ4v) is 3.91. The molecule has 2 amide bonds. The minimum Gasteiger partial charge on any atom is -0.391 e. The van der Waals surface area contributed by atoms with Gasteiger partial charge in [0.05, 0.1) is 23.8 Å². The molecule has 2 rings (SSSR count). The number of hydrogen-bond acceptors (Lipinski definition) is 4. The van der Waals surface area contributed by atoms with E-state index in [2.05, 4.69) is 36.4 Å². The molecule has 0 spiro atoms. The van der Waals surface area contributed by atoms with Crippen LogP contribution in [-0.2, 0) is 9.59 Å². The molecule has 1 heterocycles. The monoisotopic (exact) mass is 461 g/mol. The number of amides is 2. The first-order valence-electron chi connectivity index (χ1n) is 11.0. The van der Waals surface area contributed by atoms with E-state index in [1.54, 1.807) is 19.1 Å². The topological polar surface area (TPSA) is 95.7 Å². The molecule has 1 saturated heterocycles. The fraction of sp³-hybridized carbons (Fsp3) is 0.583. The molecule has 1 aliphatic heterocycles. The van der Waals surface area contributed by atoms with Gasteiger partial charge in [-0.1, -0.05) is 52.4 Å². The highest BCUT2D eigenvalue weighted by atomic mass is 28.3. The first-order valence-corrected chi connectivity index (χ1v) is 14.5. The van der Waals surface area contributed by atoms with Crippen molar-refractivity contribution in [3.8, 4) is 11.5 Å². The Morgan fingerprint density at radius 2 is 1.94 bits per heavy atom. The zero-order chi connectivity index (χ0) is 24.4. The van der Waals surface area contributed by atoms with E-state index in [1.807, 2.05) is 20.8 Å². The van der Waals surface area contributed by atoms with Gasteiger partial charge < -0.3 is 21.1 Å². The van der Waals surface area contributed by atoms with Crippen LogP contribution in [0.15, 0.2) is 18.2 Å². The van der Waals surface area contributed by atoms with Gasteiger partial charge in [0, 0.05) is 13.0 Å². The third-order valence-corrected chi connectivity index (χ3v) is 6.36. The van der Waals surface area contributed by atoms with Crippen LogP contribution in [0.5, 0.6) is 0 Å². The van der Waals surface area contributed by atoms with E-state index in [1.165, 1.54) is 11.0 Å². The zero-order valence-corrected chi connectivity index (χ0v) is 21.1. The Labute approximate surface area is 191 Å². The van der Waals surface area contributed by atoms with Gasteiger partial charge in [-0.15, -0.1) is 5.54 Å². The van der Waals surface area contributed by atoms with Crippen LogP contribution in [-0.4, -0.2) is 54.6 Å². The Bertz CT molecular complexity index is 927. The van der Waals surface area contributed by atoms with Crippen molar-refractivity contribution in [2.75, 3.05) is 6.54 Å². The van der Waals surface area contributed by atoms with E-state index in [0.29, 0.717) is 11.1 Å². The number of hydrogen-bond donors (Lipinski definition) is 3. The van der Waals surface area contributed by atoms with Crippen LogP contribution in [0.2, 0.25) is 19.6 Å². The number of halogens is 1. The first kappa shape index (κ1) is 26.0. The molecule has 4 N–H and O–H groups in total. The molecule has 0 radical (unpaired) electrons. The highest BCUT2D eigenvalue weighted by Crippen LogP contribution is 2.25. The van der Waals surface area contributed by atoms with Gasteiger partial charge in [-0.25, -0.2) is 4.39 Å². The summed E-state index contributed by atoms with van der Waals surface area (Å²) in [6.07, 6.45) is -0.653. The van der Waals surface area contributed by atoms with Crippen molar-refractivity contribution in [3.63, 3.8) is 0 Å². The molecule has 8 heteroatoms. The molecule has 32 heavy (non-hydrogen) atoms. The molecule has 0 aliphatic carbocycles. The van der Waals surface area contributed by atoms with E-state index in [4.69, 9.17) is 5.73 Å². The van der Waals surface area contributed by atoms with Gasteiger partial charge in [-0.2, -0.15) is 0 Å². The number of carbonyl (C=O) groups is 2. The maximum Gasteiger partial charge on any atom is 0.243 e. The lowest BCUT2D eigenvalue weighted by atomic mass is 9.86. The zero-order valence-electron chi connectivity index (χ0n) is 20.1. The molecule has 1 fully saturated rings. The summed E-state index contributed by atoms with van der Waals surface area (Å²) in [6, 6.07) is 2.64. The Hall–Kier alpha value is -2.21. The van der Waals surface area contributed by atoms with E-state index in [0.717, 1.165) is 0 Å². The molecule has 176 valence electrons. The summed E-state index contributed by atoms with van der Waals surface area (Å²) in [4.78, 5) is 27.2. The second kappa shape index (κ2) is 9.73. The van der Waals surface area contributed by atoms with Gasteiger partial charge in [-0.05, 0) is 30.0 Å². The summed E-state index contributed by atoms with van der Waals surface area (Å²) in [6.45, 7) is 13.6. The van der Waals surface area contributed by atoms with E-state index < -0.39 is 49.4 Å². The fourth-order valence-electron chi connectivity index (χ4n) is 3.40. The van der Waals surface area contributed by atoms with Gasteiger partial charge in [0.15, 0.2) is 0 Å². The molecule has 2 unspecified atom stereocenters. The van der Waals surface area contributed by atoms with E-state index >= 15 is 0 Å². The van der Waals surface area contributed by atoms with Crippen molar-refractivity contribution < 1.29 is 19.1 Å². The summed E-state index contributed by atoms with van der Waals surface area (Å²) in [5, 5.41) is 12.9. The molecule has 6 nitrogen and oxygen atoms in total. The van der Waals surface area contributed by atoms with Crippen LogP contribution in [0.3, 0.4) is 0 Å². The van der Waals surface area contributed by atoms with Crippen molar-refractivity contribution in [1.82, 2.24) is 10.2 Å². The number of nitrogens with zero attached hydrogens (tertiary/aromatic N) is 1. The lowest BCUT2D eigenvalue weighted by Gasteiger charge is -2.32.